The Kier molecular flexibility index (Phi) is 56.8. The van der Waals surface area contributed by atoms with Gasteiger partial charge < -0.3 is 26.6 Å². The summed E-state index contributed by atoms with van der Waals surface area (Å²) in [6, 6.07) is 44.0. The number of hydrogen-bond donors (Lipinski definition) is 0. The molecule has 0 bridgehead atoms. The Labute approximate surface area is 412 Å². The maximum absolute atomic E-state index is 5.43. The number of halogens is 1. The van der Waals surface area contributed by atoms with Crippen LogP contribution in [0.1, 0.15) is 83.1 Å². The summed E-state index contributed by atoms with van der Waals surface area (Å²) < 4.78 is 32.2. The summed E-state index contributed by atoms with van der Waals surface area (Å²) in [5.74, 6) is 0. The van der Waals surface area contributed by atoms with Crippen LogP contribution in [0.3, 0.4) is 0 Å². The lowest BCUT2D eigenvalue weighted by molar-refractivity contribution is 0.249. The molecule has 0 saturated carbocycles. The van der Waals surface area contributed by atoms with Gasteiger partial charge in [0.1, 0.15) is 8.83 Å². The van der Waals surface area contributed by atoms with Gasteiger partial charge in [0.15, 0.2) is 0 Å². The highest BCUT2D eigenvalue weighted by molar-refractivity contribution is 6.92. The number of aryl methyl sites for hydroxylation is 2. The van der Waals surface area contributed by atoms with Gasteiger partial charge in [-0.25, -0.2) is 0 Å². The predicted molar refractivity (Wildman–Crippen MR) is 303 cm³/mol. The molecule has 0 aliphatic heterocycles. The summed E-state index contributed by atoms with van der Waals surface area (Å²) in [5.41, 5.74) is 5.04. The Morgan fingerprint density at radius 2 is 0.662 bits per heavy atom. The van der Waals surface area contributed by atoms with Crippen LogP contribution in [0.4, 0.5) is 0 Å². The van der Waals surface area contributed by atoms with E-state index < -0.39 is 25.7 Å². The molecule has 11 heteroatoms. The van der Waals surface area contributed by atoms with Gasteiger partial charge in [-0.05, 0) is 79.8 Å². The fourth-order valence-corrected chi connectivity index (χ4v) is 8.65. The SMILES string of the molecule is C=CC.C=Cc1ccccc1.C=Cc1ccccc1.CCC.CCC.CCC[Si](C)(OC)OC.CO[Si](C)(CCc1ccccc1)OC.CO[Si](C)(CCc1ccccc1)OC.C[SiH2]Cl. The Morgan fingerprint density at radius 1 is 0.462 bits per heavy atom. The third-order valence-corrected chi connectivity index (χ3v) is 17.7. The smallest absolute Gasteiger partial charge is 0.334 e. The van der Waals surface area contributed by atoms with E-state index in [4.69, 9.17) is 37.6 Å². The highest BCUT2D eigenvalue weighted by Crippen LogP contribution is 2.16. The zero-order chi connectivity index (χ0) is 50.7. The van der Waals surface area contributed by atoms with E-state index in [-0.39, 0.29) is 8.83 Å². The van der Waals surface area contributed by atoms with Gasteiger partial charge in [-0.15, -0.1) is 6.58 Å². The first-order valence-corrected chi connectivity index (χ1v) is 34.1. The zero-order valence-corrected chi connectivity index (χ0v) is 49.3. The van der Waals surface area contributed by atoms with Crippen LogP contribution >= 0.6 is 11.1 Å². The second-order valence-corrected chi connectivity index (χ2v) is 27.6. The summed E-state index contributed by atoms with van der Waals surface area (Å²) in [6.07, 6.45) is 11.1. The highest BCUT2D eigenvalue weighted by atomic mass is 35.6. The first-order valence-electron chi connectivity index (χ1n) is 23.0. The van der Waals surface area contributed by atoms with E-state index >= 15 is 0 Å². The Morgan fingerprint density at radius 3 is 0.815 bits per heavy atom. The number of hydrogen-bond acceptors (Lipinski definition) is 6. The lowest BCUT2D eigenvalue weighted by Gasteiger charge is -2.22. The maximum Gasteiger partial charge on any atom is 0.334 e. The van der Waals surface area contributed by atoms with E-state index in [0.29, 0.717) is 0 Å². The molecule has 4 aromatic carbocycles. The molecule has 0 saturated heterocycles. The minimum Gasteiger partial charge on any atom is -0.398 e. The van der Waals surface area contributed by atoms with Crippen molar-refractivity contribution in [3.8, 4) is 0 Å². The van der Waals surface area contributed by atoms with Gasteiger partial charge in [0.2, 0.25) is 0 Å². The van der Waals surface area contributed by atoms with Gasteiger partial charge in [-0.2, -0.15) is 11.1 Å². The molecule has 65 heavy (non-hydrogen) atoms. The molecule has 0 radical (unpaired) electrons. The summed E-state index contributed by atoms with van der Waals surface area (Å²) in [5, 5.41) is 0. The normalized spacial score (nSPS) is 9.98. The monoisotopic (exact) mass is 987 g/mol. The topological polar surface area (TPSA) is 55.4 Å². The lowest BCUT2D eigenvalue weighted by Crippen LogP contribution is -2.36. The summed E-state index contributed by atoms with van der Waals surface area (Å²) >= 11 is 5.14. The summed E-state index contributed by atoms with van der Waals surface area (Å²) in [4.78, 5) is 0. The van der Waals surface area contributed by atoms with Crippen molar-refractivity contribution in [2.24, 2.45) is 0 Å². The van der Waals surface area contributed by atoms with Crippen molar-refractivity contribution in [3.63, 3.8) is 0 Å². The van der Waals surface area contributed by atoms with E-state index in [1.54, 1.807) is 48.7 Å². The van der Waals surface area contributed by atoms with Crippen LogP contribution in [-0.2, 0) is 39.4 Å². The zero-order valence-electron chi connectivity index (χ0n) is 44.1. The summed E-state index contributed by atoms with van der Waals surface area (Å²) in [6.45, 7) is 31.4. The minimum atomic E-state index is -1.88. The average Bonchev–Trinajstić information content (AvgIpc) is 3.35. The van der Waals surface area contributed by atoms with Crippen LogP contribution in [0.15, 0.2) is 147 Å². The second kappa shape index (κ2) is 52.0. The third-order valence-electron chi connectivity index (χ3n) is 8.79. The van der Waals surface area contributed by atoms with Gasteiger partial charge in [0.25, 0.3) is 0 Å². The van der Waals surface area contributed by atoms with Crippen molar-refractivity contribution in [2.75, 3.05) is 42.7 Å². The molecule has 0 aromatic heterocycles. The summed E-state index contributed by atoms with van der Waals surface area (Å²) in [7, 11) is 4.83. The van der Waals surface area contributed by atoms with Crippen LogP contribution < -0.4 is 0 Å². The molecule has 370 valence electrons. The van der Waals surface area contributed by atoms with Gasteiger partial charge in [-0.1, -0.05) is 213 Å². The fraction of sp³-hybridized carbons (Fsp3) is 0.444. The van der Waals surface area contributed by atoms with Crippen molar-refractivity contribution in [3.05, 3.63) is 169 Å². The van der Waals surface area contributed by atoms with Crippen molar-refractivity contribution in [1.29, 1.82) is 0 Å². The molecular weight excluding hydrogens is 892 g/mol. The van der Waals surface area contributed by atoms with Crippen molar-refractivity contribution < 1.29 is 26.6 Å². The molecule has 0 heterocycles. The molecule has 0 aliphatic carbocycles. The van der Waals surface area contributed by atoms with Crippen molar-refractivity contribution in [2.45, 2.75) is 118 Å². The minimum absolute atomic E-state index is 0.111. The first kappa shape index (κ1) is 71.0. The molecule has 0 aliphatic rings. The number of benzene rings is 4. The quantitative estimate of drug-likeness (QED) is 0.0633. The molecule has 6 nitrogen and oxygen atoms in total. The molecular formula is C54H95ClO6Si4. The van der Waals surface area contributed by atoms with Gasteiger partial charge >= 0.3 is 25.7 Å². The fourth-order valence-electron chi connectivity index (χ4n) is 4.53. The number of allylic oxidation sites excluding steroid dienone is 1. The van der Waals surface area contributed by atoms with E-state index in [1.807, 2.05) is 98.4 Å². The van der Waals surface area contributed by atoms with Crippen molar-refractivity contribution >= 4 is 57.7 Å². The van der Waals surface area contributed by atoms with Crippen LogP contribution in [0.25, 0.3) is 12.2 Å². The standard InChI is InChI=1S/2C11H18O2Si.2C8H8.C6H16O2Si.2C3H8.C3H6.CH5ClSi/c2*1-12-14(3,13-2)10-9-11-7-5-4-6-8-11;2*1-2-8-6-4-3-5-7-8;1-5-6-9(4,7-2)8-3;4*1-3-2/h2*4-8H,9-10H2,1-3H3;2*2-7H,1H2;5-6H2,1-4H3;2*3H2,1-2H3;3H,1H2,2H3;3H2,1H3. The predicted octanol–water partition coefficient (Wildman–Crippen LogP) is 16.0. The molecule has 0 amide bonds. The van der Waals surface area contributed by atoms with Gasteiger partial charge in [0.05, 0.1) is 0 Å². The molecule has 0 N–H and O–H groups in total. The van der Waals surface area contributed by atoms with E-state index in [1.165, 1.54) is 35.1 Å². The second-order valence-electron chi connectivity index (χ2n) is 14.7. The average molecular weight is 988 g/mol. The molecule has 4 aromatic rings. The van der Waals surface area contributed by atoms with Crippen LogP contribution in [0.2, 0.25) is 44.3 Å². The molecule has 0 fully saturated rings. The highest BCUT2D eigenvalue weighted by Gasteiger charge is 2.29. The number of rotatable bonds is 16. The van der Waals surface area contributed by atoms with Gasteiger partial charge in [0, 0.05) is 42.7 Å². The third kappa shape index (κ3) is 47.3. The Hall–Kier alpha value is -2.98. The van der Waals surface area contributed by atoms with E-state index in [9.17, 15) is 0 Å². The van der Waals surface area contributed by atoms with Crippen LogP contribution in [0.5, 0.6) is 0 Å². The van der Waals surface area contributed by atoms with E-state index in [0.717, 1.165) is 37.4 Å². The van der Waals surface area contributed by atoms with Crippen LogP contribution in [0, 0.1) is 0 Å². The van der Waals surface area contributed by atoms with Gasteiger partial charge in [-0.3, -0.25) is 0 Å². The largest absolute Gasteiger partial charge is 0.398 e. The Bertz CT molecular complexity index is 1420. The first-order chi connectivity index (χ1) is 31.1. The lowest BCUT2D eigenvalue weighted by atomic mass is 10.2. The van der Waals surface area contributed by atoms with Crippen molar-refractivity contribution in [1.82, 2.24) is 0 Å². The van der Waals surface area contributed by atoms with Crippen LogP contribution in [-0.4, -0.2) is 77.2 Å². The molecule has 4 rings (SSSR count). The molecule has 0 spiro atoms. The van der Waals surface area contributed by atoms with E-state index in [2.05, 4.69) is 123 Å². The Balaban J connectivity index is -0.000000220. The maximum atomic E-state index is 5.43. The molecule has 0 unspecified atom stereocenters. The molecule has 0 atom stereocenters.